The van der Waals surface area contributed by atoms with Crippen molar-refractivity contribution in [2.24, 2.45) is 0 Å². The maximum Gasteiger partial charge on any atom is 0.259 e. The Morgan fingerprint density at radius 3 is 2.83 bits per heavy atom. The molecular formula is C15H18N2O5S. The van der Waals surface area contributed by atoms with Crippen molar-refractivity contribution in [3.8, 4) is 0 Å². The molecule has 8 heteroatoms. The van der Waals surface area contributed by atoms with E-state index in [2.05, 4.69) is 5.16 Å². The van der Waals surface area contributed by atoms with Crippen LogP contribution in [0.15, 0.2) is 27.3 Å². The summed E-state index contributed by atoms with van der Waals surface area (Å²) < 4.78 is 35.0. The maximum absolute atomic E-state index is 12.6. The van der Waals surface area contributed by atoms with E-state index >= 15 is 0 Å². The predicted octanol–water partition coefficient (Wildman–Crippen LogP) is 1.71. The number of aryl methyl sites for hydroxylation is 2. The van der Waals surface area contributed by atoms with Crippen molar-refractivity contribution in [1.29, 1.82) is 0 Å². The van der Waals surface area contributed by atoms with Crippen LogP contribution in [0.3, 0.4) is 0 Å². The smallest absolute Gasteiger partial charge is 0.259 e. The summed E-state index contributed by atoms with van der Waals surface area (Å²) in [6.45, 7) is 3.97. The van der Waals surface area contributed by atoms with Gasteiger partial charge in [-0.1, -0.05) is 5.16 Å². The summed E-state index contributed by atoms with van der Waals surface area (Å²) in [5.74, 6) is 0.504. The lowest BCUT2D eigenvalue weighted by Crippen LogP contribution is -2.32. The first-order valence-electron chi connectivity index (χ1n) is 7.34. The number of aromatic nitrogens is 1. The molecule has 1 aliphatic rings. The maximum atomic E-state index is 12.6. The standard InChI is InChI=1S/C15H18N2O5S/c1-10-14(11(2)22-16-10)15(18)17-6-5-13(8-17)23(19,20)9-12-4-3-7-21-12/h3-4,7,13H,5-6,8-9H2,1-2H3. The summed E-state index contributed by atoms with van der Waals surface area (Å²) >= 11 is 0. The molecule has 3 heterocycles. The van der Waals surface area contributed by atoms with E-state index in [0.29, 0.717) is 35.7 Å². The lowest BCUT2D eigenvalue weighted by molar-refractivity contribution is 0.0791. The highest BCUT2D eigenvalue weighted by molar-refractivity contribution is 7.91. The molecule has 0 spiro atoms. The van der Waals surface area contributed by atoms with Gasteiger partial charge in [-0.15, -0.1) is 0 Å². The fourth-order valence-electron chi connectivity index (χ4n) is 2.86. The van der Waals surface area contributed by atoms with Crippen molar-refractivity contribution >= 4 is 15.7 Å². The molecule has 23 heavy (non-hydrogen) atoms. The number of rotatable bonds is 4. The average molecular weight is 338 g/mol. The quantitative estimate of drug-likeness (QED) is 0.842. The van der Waals surface area contributed by atoms with Crippen molar-refractivity contribution in [2.75, 3.05) is 13.1 Å². The third-order valence-electron chi connectivity index (χ3n) is 4.11. The molecule has 0 aromatic carbocycles. The second kappa shape index (κ2) is 5.84. The predicted molar refractivity (Wildman–Crippen MR) is 81.6 cm³/mol. The number of carbonyl (C=O) groups is 1. The summed E-state index contributed by atoms with van der Waals surface area (Å²) in [7, 11) is -3.37. The molecule has 1 fully saturated rings. The monoisotopic (exact) mass is 338 g/mol. The van der Waals surface area contributed by atoms with Crippen LogP contribution in [0.5, 0.6) is 0 Å². The molecule has 0 bridgehead atoms. The summed E-state index contributed by atoms with van der Waals surface area (Å²) in [6, 6.07) is 3.30. The molecule has 2 aromatic heterocycles. The van der Waals surface area contributed by atoms with Crippen LogP contribution in [-0.2, 0) is 15.6 Å². The largest absolute Gasteiger partial charge is 0.468 e. The van der Waals surface area contributed by atoms with E-state index in [1.807, 2.05) is 0 Å². The fraction of sp³-hybridized carbons (Fsp3) is 0.467. The molecule has 7 nitrogen and oxygen atoms in total. The van der Waals surface area contributed by atoms with Crippen LogP contribution in [0.2, 0.25) is 0 Å². The minimum absolute atomic E-state index is 0.141. The van der Waals surface area contributed by atoms with Gasteiger partial charge in [-0.05, 0) is 32.4 Å². The van der Waals surface area contributed by atoms with Gasteiger partial charge in [0.15, 0.2) is 9.84 Å². The molecule has 1 amide bonds. The van der Waals surface area contributed by atoms with E-state index in [1.165, 1.54) is 6.26 Å². The number of hydrogen-bond acceptors (Lipinski definition) is 6. The van der Waals surface area contributed by atoms with Crippen molar-refractivity contribution in [1.82, 2.24) is 10.1 Å². The van der Waals surface area contributed by atoms with Gasteiger partial charge in [-0.3, -0.25) is 4.79 Å². The first kappa shape index (κ1) is 15.8. The molecule has 2 aromatic rings. The molecule has 1 aliphatic heterocycles. The van der Waals surface area contributed by atoms with Crippen LogP contribution < -0.4 is 0 Å². The molecule has 0 radical (unpaired) electrons. The second-order valence-electron chi connectivity index (χ2n) is 5.75. The Kier molecular flexibility index (Phi) is 4.01. The Bertz CT molecular complexity index is 788. The minimum atomic E-state index is -3.37. The van der Waals surface area contributed by atoms with Gasteiger partial charge in [0, 0.05) is 13.1 Å². The zero-order chi connectivity index (χ0) is 16.6. The molecule has 1 saturated heterocycles. The number of sulfone groups is 1. The van der Waals surface area contributed by atoms with Gasteiger partial charge in [0.05, 0.1) is 17.2 Å². The normalized spacial score (nSPS) is 18.5. The Hall–Kier alpha value is -2.09. The second-order valence-corrected chi connectivity index (χ2v) is 8.03. The van der Waals surface area contributed by atoms with Gasteiger partial charge in [0.1, 0.15) is 22.8 Å². The van der Waals surface area contributed by atoms with Gasteiger partial charge in [-0.25, -0.2) is 8.42 Å². The fourth-order valence-corrected chi connectivity index (χ4v) is 4.53. The van der Waals surface area contributed by atoms with Crippen LogP contribution in [-0.4, -0.2) is 42.7 Å². The van der Waals surface area contributed by atoms with Crippen LogP contribution in [0.25, 0.3) is 0 Å². The zero-order valence-corrected chi connectivity index (χ0v) is 13.8. The molecule has 0 saturated carbocycles. The number of amides is 1. The molecule has 0 aliphatic carbocycles. The molecular weight excluding hydrogens is 320 g/mol. The topological polar surface area (TPSA) is 93.6 Å². The van der Waals surface area contributed by atoms with Gasteiger partial charge in [0.2, 0.25) is 0 Å². The average Bonchev–Trinajstić information content (AvgIpc) is 3.20. The van der Waals surface area contributed by atoms with E-state index in [9.17, 15) is 13.2 Å². The Labute approximate surface area is 134 Å². The minimum Gasteiger partial charge on any atom is -0.468 e. The number of hydrogen-bond donors (Lipinski definition) is 0. The SMILES string of the molecule is Cc1noc(C)c1C(=O)N1CCC(S(=O)(=O)Cc2ccco2)C1. The van der Waals surface area contributed by atoms with Gasteiger partial charge < -0.3 is 13.8 Å². The van der Waals surface area contributed by atoms with Crippen LogP contribution in [0, 0.1) is 13.8 Å². The van der Waals surface area contributed by atoms with E-state index < -0.39 is 15.1 Å². The number of nitrogens with zero attached hydrogens (tertiary/aromatic N) is 2. The van der Waals surface area contributed by atoms with Crippen LogP contribution >= 0.6 is 0 Å². The van der Waals surface area contributed by atoms with Crippen molar-refractivity contribution in [3.05, 3.63) is 41.2 Å². The molecule has 124 valence electrons. The molecule has 0 N–H and O–H groups in total. The third-order valence-corrected chi connectivity index (χ3v) is 6.20. The Morgan fingerprint density at radius 2 is 2.22 bits per heavy atom. The van der Waals surface area contributed by atoms with Crippen molar-refractivity contribution in [3.63, 3.8) is 0 Å². The first-order chi connectivity index (χ1) is 10.9. The number of carbonyl (C=O) groups excluding carboxylic acids is 1. The zero-order valence-electron chi connectivity index (χ0n) is 13.0. The van der Waals surface area contributed by atoms with E-state index in [1.54, 1.807) is 30.9 Å². The lowest BCUT2D eigenvalue weighted by Gasteiger charge is -2.16. The first-order valence-corrected chi connectivity index (χ1v) is 9.06. The van der Waals surface area contributed by atoms with Crippen molar-refractivity contribution < 1.29 is 22.2 Å². The summed E-state index contributed by atoms with van der Waals surface area (Å²) in [4.78, 5) is 14.1. The third kappa shape index (κ3) is 3.03. The number of furan rings is 1. The molecule has 1 atom stereocenters. The summed E-state index contributed by atoms with van der Waals surface area (Å²) in [5.41, 5.74) is 0.948. The summed E-state index contributed by atoms with van der Waals surface area (Å²) in [6.07, 6.45) is 1.88. The highest BCUT2D eigenvalue weighted by atomic mass is 32.2. The van der Waals surface area contributed by atoms with Gasteiger partial charge in [0.25, 0.3) is 5.91 Å². The van der Waals surface area contributed by atoms with E-state index in [0.717, 1.165) is 0 Å². The lowest BCUT2D eigenvalue weighted by atomic mass is 10.2. The Morgan fingerprint density at radius 1 is 1.43 bits per heavy atom. The van der Waals surface area contributed by atoms with Gasteiger partial charge >= 0.3 is 0 Å². The molecule has 1 unspecified atom stereocenters. The molecule has 3 rings (SSSR count). The highest BCUT2D eigenvalue weighted by Crippen LogP contribution is 2.24. The van der Waals surface area contributed by atoms with Gasteiger partial charge in [-0.2, -0.15) is 0 Å². The summed E-state index contributed by atoms with van der Waals surface area (Å²) in [5, 5.41) is 3.20. The van der Waals surface area contributed by atoms with Crippen LogP contribution in [0.4, 0.5) is 0 Å². The highest BCUT2D eigenvalue weighted by Gasteiger charge is 2.37. The van der Waals surface area contributed by atoms with Crippen LogP contribution in [0.1, 0.15) is 34.0 Å². The van der Waals surface area contributed by atoms with E-state index in [-0.39, 0.29) is 18.2 Å². The van der Waals surface area contributed by atoms with E-state index in [4.69, 9.17) is 8.94 Å². The van der Waals surface area contributed by atoms with Crippen molar-refractivity contribution in [2.45, 2.75) is 31.3 Å². The number of likely N-dealkylation sites (tertiary alicyclic amines) is 1. The Balaban J connectivity index is 1.72.